The van der Waals surface area contributed by atoms with Crippen LogP contribution >= 0.6 is 0 Å². The molecule has 36 heavy (non-hydrogen) atoms. The van der Waals surface area contributed by atoms with Gasteiger partial charge in [-0.15, -0.1) is 0 Å². The number of nitro benzene ring substituents is 1. The van der Waals surface area contributed by atoms with Crippen molar-refractivity contribution >= 4 is 28.9 Å². The van der Waals surface area contributed by atoms with Crippen LogP contribution in [0.15, 0.2) is 60.7 Å². The molecule has 0 bridgehead atoms. The summed E-state index contributed by atoms with van der Waals surface area (Å²) in [7, 11) is 1.36. The molecule has 9 nitrogen and oxygen atoms in total. The van der Waals surface area contributed by atoms with E-state index in [1.54, 1.807) is 43.3 Å². The van der Waals surface area contributed by atoms with Crippen molar-refractivity contribution in [2.24, 2.45) is 0 Å². The summed E-state index contributed by atoms with van der Waals surface area (Å²) in [5.41, 5.74) is 1.49. The maximum atomic E-state index is 13.1. The minimum absolute atomic E-state index is 0.0437. The van der Waals surface area contributed by atoms with Crippen LogP contribution in [0.2, 0.25) is 0 Å². The molecule has 0 saturated carbocycles. The van der Waals surface area contributed by atoms with Crippen molar-refractivity contribution in [2.75, 3.05) is 24.4 Å². The predicted molar refractivity (Wildman–Crippen MR) is 138 cm³/mol. The van der Waals surface area contributed by atoms with Crippen molar-refractivity contribution in [2.45, 2.75) is 33.1 Å². The molecule has 2 N–H and O–H groups in total. The van der Waals surface area contributed by atoms with Crippen LogP contribution in [0.3, 0.4) is 0 Å². The summed E-state index contributed by atoms with van der Waals surface area (Å²) in [6, 6.07) is 16.3. The largest absolute Gasteiger partial charge is 0.493 e. The number of rotatable bonds is 8. The van der Waals surface area contributed by atoms with E-state index in [1.165, 1.54) is 13.2 Å². The van der Waals surface area contributed by atoms with Gasteiger partial charge >= 0.3 is 0 Å². The summed E-state index contributed by atoms with van der Waals surface area (Å²) < 4.78 is 10.6. The molecule has 0 spiro atoms. The van der Waals surface area contributed by atoms with E-state index in [0.29, 0.717) is 11.3 Å². The number of nitrogens with one attached hydrogen (secondary N) is 2. The number of hydrogen-bond donors (Lipinski definition) is 2. The number of amides is 2. The molecule has 0 aliphatic carbocycles. The topological polar surface area (TPSA) is 120 Å². The summed E-state index contributed by atoms with van der Waals surface area (Å²) in [6.07, 6.45) is 0. The maximum absolute atomic E-state index is 13.1. The molecule has 9 heteroatoms. The summed E-state index contributed by atoms with van der Waals surface area (Å²) >= 11 is 0. The van der Waals surface area contributed by atoms with E-state index in [1.807, 2.05) is 12.1 Å². The number of methoxy groups -OCH3 is 1. The van der Waals surface area contributed by atoms with E-state index < -0.39 is 16.5 Å². The van der Waals surface area contributed by atoms with Crippen LogP contribution in [0.5, 0.6) is 11.5 Å². The summed E-state index contributed by atoms with van der Waals surface area (Å²) in [4.78, 5) is 37.0. The minimum atomic E-state index is -0.735. The zero-order chi connectivity index (χ0) is 26.5. The molecular formula is C27H29N3O6. The van der Waals surface area contributed by atoms with Gasteiger partial charge in [-0.05, 0) is 42.2 Å². The lowest BCUT2D eigenvalue weighted by molar-refractivity contribution is -0.385. The summed E-state index contributed by atoms with van der Waals surface area (Å²) in [5, 5.41) is 17.1. The molecule has 0 saturated heterocycles. The molecule has 0 unspecified atom stereocenters. The molecule has 0 radical (unpaired) electrons. The number of ether oxygens (including phenoxy) is 2. The second-order valence-electron chi connectivity index (χ2n) is 8.99. The Kier molecular flexibility index (Phi) is 7.93. The summed E-state index contributed by atoms with van der Waals surface area (Å²) in [6.45, 7) is 8.29. The number of hydrogen-bond acceptors (Lipinski definition) is 6. The van der Waals surface area contributed by atoms with Crippen molar-refractivity contribution < 1.29 is 24.0 Å². The van der Waals surface area contributed by atoms with E-state index >= 15 is 0 Å². The van der Waals surface area contributed by atoms with Crippen LogP contribution in [-0.4, -0.2) is 30.5 Å². The fourth-order valence-corrected chi connectivity index (χ4v) is 3.52. The highest BCUT2D eigenvalue weighted by Gasteiger charge is 2.25. The molecule has 0 aromatic heterocycles. The van der Waals surface area contributed by atoms with Gasteiger partial charge in [0.2, 0.25) is 0 Å². The zero-order valence-corrected chi connectivity index (χ0v) is 20.9. The molecule has 2 amide bonds. The average molecular weight is 492 g/mol. The fraction of sp³-hybridized carbons (Fsp3) is 0.259. The van der Waals surface area contributed by atoms with Crippen molar-refractivity contribution in [3.8, 4) is 11.5 Å². The number of nitro groups is 1. The van der Waals surface area contributed by atoms with Gasteiger partial charge in [-0.25, -0.2) is 0 Å². The highest BCUT2D eigenvalue weighted by Crippen LogP contribution is 2.35. The van der Waals surface area contributed by atoms with E-state index in [9.17, 15) is 19.7 Å². The summed E-state index contributed by atoms with van der Waals surface area (Å²) in [5.74, 6) is -0.742. The van der Waals surface area contributed by atoms with Crippen LogP contribution in [-0.2, 0) is 5.41 Å². The molecular weight excluding hydrogens is 462 g/mol. The van der Waals surface area contributed by atoms with Gasteiger partial charge in [0.25, 0.3) is 17.5 Å². The second kappa shape index (κ2) is 10.9. The number of benzene rings is 3. The lowest BCUT2D eigenvalue weighted by Gasteiger charge is -2.19. The Balaban J connectivity index is 1.88. The van der Waals surface area contributed by atoms with Gasteiger partial charge in [0, 0.05) is 11.6 Å². The third-order valence-electron chi connectivity index (χ3n) is 5.46. The van der Waals surface area contributed by atoms with Crippen LogP contribution in [0.25, 0.3) is 0 Å². The first-order valence-electron chi connectivity index (χ1n) is 11.4. The first kappa shape index (κ1) is 26.2. The van der Waals surface area contributed by atoms with Crippen LogP contribution in [0, 0.1) is 10.1 Å². The van der Waals surface area contributed by atoms with Gasteiger partial charge in [-0.2, -0.15) is 0 Å². The van der Waals surface area contributed by atoms with Gasteiger partial charge < -0.3 is 20.1 Å². The van der Waals surface area contributed by atoms with E-state index in [4.69, 9.17) is 9.47 Å². The monoisotopic (exact) mass is 491 g/mol. The first-order chi connectivity index (χ1) is 17.0. The molecule has 0 aliphatic rings. The highest BCUT2D eigenvalue weighted by atomic mass is 16.6. The molecule has 3 rings (SSSR count). The lowest BCUT2D eigenvalue weighted by Crippen LogP contribution is -2.18. The number of carbonyl (C=O) groups excluding carboxylic acids is 2. The minimum Gasteiger partial charge on any atom is -0.493 e. The Bertz CT molecular complexity index is 1280. The normalized spacial score (nSPS) is 10.9. The Morgan fingerprint density at radius 3 is 2.00 bits per heavy atom. The van der Waals surface area contributed by atoms with Gasteiger partial charge in [0.05, 0.1) is 36.1 Å². The number of anilines is 2. The Labute approximate surface area is 209 Å². The molecule has 3 aromatic rings. The van der Waals surface area contributed by atoms with Gasteiger partial charge in [-0.3, -0.25) is 19.7 Å². The molecule has 0 aliphatic heterocycles. The Morgan fingerprint density at radius 1 is 0.917 bits per heavy atom. The number of para-hydroxylation sites is 2. The van der Waals surface area contributed by atoms with E-state index in [0.717, 1.165) is 11.6 Å². The molecule has 0 heterocycles. The second-order valence-corrected chi connectivity index (χ2v) is 8.99. The molecule has 0 fully saturated rings. The smallest absolute Gasteiger partial charge is 0.286 e. The SMILES string of the molecule is CCOc1cc(C(=O)Nc2ccccc2NC(=O)c2ccc(C(C)(C)C)cc2)c([N+](=O)[O-])cc1OC. The van der Waals surface area contributed by atoms with Crippen LogP contribution < -0.4 is 20.1 Å². The van der Waals surface area contributed by atoms with E-state index in [2.05, 4.69) is 31.4 Å². The number of carbonyl (C=O) groups is 2. The molecule has 0 atom stereocenters. The van der Waals surface area contributed by atoms with Crippen molar-refractivity contribution in [3.05, 3.63) is 87.5 Å². The predicted octanol–water partition coefficient (Wildman–Crippen LogP) is 5.80. The third-order valence-corrected chi connectivity index (χ3v) is 5.46. The average Bonchev–Trinajstić information content (AvgIpc) is 2.84. The van der Waals surface area contributed by atoms with Gasteiger partial charge in [0.1, 0.15) is 5.56 Å². The van der Waals surface area contributed by atoms with E-state index in [-0.39, 0.29) is 40.7 Å². The lowest BCUT2D eigenvalue weighted by atomic mass is 9.87. The Morgan fingerprint density at radius 2 is 1.50 bits per heavy atom. The quantitative estimate of drug-likeness (QED) is 0.303. The first-order valence-corrected chi connectivity index (χ1v) is 11.4. The Hall–Kier alpha value is -4.40. The van der Waals surface area contributed by atoms with Crippen molar-refractivity contribution in [1.82, 2.24) is 0 Å². The third kappa shape index (κ3) is 5.99. The van der Waals surface area contributed by atoms with Crippen LogP contribution in [0.4, 0.5) is 17.1 Å². The zero-order valence-electron chi connectivity index (χ0n) is 20.9. The maximum Gasteiger partial charge on any atom is 0.286 e. The number of nitrogens with zero attached hydrogens (tertiary/aromatic N) is 1. The van der Waals surface area contributed by atoms with Gasteiger partial charge in [-0.1, -0.05) is 45.0 Å². The van der Waals surface area contributed by atoms with Crippen molar-refractivity contribution in [1.29, 1.82) is 0 Å². The molecule has 188 valence electrons. The highest BCUT2D eigenvalue weighted by molar-refractivity contribution is 6.11. The van der Waals surface area contributed by atoms with Crippen LogP contribution in [0.1, 0.15) is 54.0 Å². The standard InChI is InChI=1S/C27H29N3O6/c1-6-36-24-15-19(22(30(33)34)16-23(24)35-5)26(32)29-21-10-8-7-9-20(21)28-25(31)17-11-13-18(14-12-17)27(2,3)4/h7-16H,6H2,1-5H3,(H,28,31)(H,29,32). The molecule has 3 aromatic carbocycles. The van der Waals surface area contributed by atoms with Crippen molar-refractivity contribution in [3.63, 3.8) is 0 Å². The van der Waals surface area contributed by atoms with Gasteiger partial charge in [0.15, 0.2) is 11.5 Å². The fourth-order valence-electron chi connectivity index (χ4n) is 3.52.